The van der Waals surface area contributed by atoms with Gasteiger partial charge in [-0.2, -0.15) is 0 Å². The number of carbonyl (C=O) groups is 1. The lowest BCUT2D eigenvalue weighted by atomic mass is 10.1. The highest BCUT2D eigenvalue weighted by molar-refractivity contribution is 6.00. The number of carboxylic acids is 1. The average Bonchev–Trinajstić information content (AvgIpc) is 2.98. The van der Waals surface area contributed by atoms with Crippen LogP contribution in [0.3, 0.4) is 0 Å². The lowest BCUT2D eigenvalue weighted by Crippen LogP contribution is -2.27. The molecule has 2 aliphatic rings. The highest BCUT2D eigenvalue weighted by Crippen LogP contribution is 2.36. The van der Waals surface area contributed by atoms with E-state index >= 15 is 0 Å². The van der Waals surface area contributed by atoms with Gasteiger partial charge in [0.2, 0.25) is 5.90 Å². The van der Waals surface area contributed by atoms with Crippen molar-refractivity contribution in [2.24, 2.45) is 4.99 Å². The number of aliphatic carboxylic acids is 1. The Morgan fingerprint density at radius 1 is 1.08 bits per heavy atom. The molecule has 0 saturated carbocycles. The Balaban J connectivity index is 1.70. The van der Waals surface area contributed by atoms with Crippen molar-refractivity contribution in [2.45, 2.75) is 32.3 Å². The van der Waals surface area contributed by atoms with Gasteiger partial charge >= 0.3 is 5.97 Å². The molecule has 1 N–H and O–H groups in total. The minimum absolute atomic E-state index is 0.272. The molecule has 2 aliphatic heterocycles. The molecule has 0 aliphatic carbocycles. The lowest BCUT2D eigenvalue weighted by molar-refractivity contribution is -0.139. The zero-order valence-corrected chi connectivity index (χ0v) is 13.6. The summed E-state index contributed by atoms with van der Waals surface area (Å²) < 4.78 is 17.6. The van der Waals surface area contributed by atoms with Crippen LogP contribution in [0.1, 0.15) is 23.6 Å². The summed E-state index contributed by atoms with van der Waals surface area (Å²) in [7, 11) is 0. The van der Waals surface area contributed by atoms with E-state index in [-0.39, 0.29) is 5.90 Å². The van der Waals surface area contributed by atoms with E-state index in [1.54, 1.807) is 13.0 Å². The van der Waals surface area contributed by atoms with Crippen molar-refractivity contribution >= 4 is 11.9 Å². The first-order chi connectivity index (χ1) is 12.1. The van der Waals surface area contributed by atoms with Gasteiger partial charge in [-0.1, -0.05) is 30.3 Å². The van der Waals surface area contributed by atoms with Gasteiger partial charge in [-0.3, -0.25) is 0 Å². The van der Waals surface area contributed by atoms with Crippen LogP contribution < -0.4 is 9.47 Å². The van der Waals surface area contributed by atoms with Crippen molar-refractivity contribution in [1.82, 2.24) is 0 Å². The molecule has 2 aromatic rings. The van der Waals surface area contributed by atoms with Crippen molar-refractivity contribution < 1.29 is 24.1 Å². The first-order valence-electron chi connectivity index (χ1n) is 8.06. The molecule has 2 atom stereocenters. The molecular formula is C19H17NO5. The quantitative estimate of drug-likeness (QED) is 0.910. The van der Waals surface area contributed by atoms with Crippen LogP contribution in [0.5, 0.6) is 11.5 Å². The van der Waals surface area contributed by atoms with Crippen molar-refractivity contribution in [1.29, 1.82) is 0 Å². The lowest BCUT2D eigenvalue weighted by Gasteiger charge is -2.21. The average molecular weight is 339 g/mol. The van der Waals surface area contributed by atoms with Crippen LogP contribution in [0.2, 0.25) is 0 Å². The minimum Gasteiger partial charge on any atom is -0.485 e. The SMILES string of the molecule is C[C@H]1OC(c2cccc3c2OCc2ccccc2CO3)=N[C@@H]1C(=O)O. The number of hydrogen-bond acceptors (Lipinski definition) is 5. The standard InChI is InChI=1S/C19H17NO5/c1-11-16(19(21)22)20-18(25-11)14-7-4-8-15-17(14)24-10-13-6-3-2-5-12(13)9-23-15/h2-8,11,16H,9-10H2,1H3,(H,21,22)/t11-,16+/m1/s1. The van der Waals surface area contributed by atoms with E-state index < -0.39 is 18.1 Å². The number of hydrogen-bond donors (Lipinski definition) is 1. The largest absolute Gasteiger partial charge is 0.485 e. The number of nitrogens with zero attached hydrogens (tertiary/aromatic N) is 1. The van der Waals surface area contributed by atoms with E-state index in [1.165, 1.54) is 0 Å². The number of ether oxygens (including phenoxy) is 3. The molecule has 0 aromatic heterocycles. The molecule has 0 amide bonds. The zero-order valence-electron chi connectivity index (χ0n) is 13.6. The van der Waals surface area contributed by atoms with Crippen molar-refractivity contribution in [3.63, 3.8) is 0 Å². The molecule has 0 bridgehead atoms. The molecule has 2 aromatic carbocycles. The van der Waals surface area contributed by atoms with Gasteiger partial charge in [0.1, 0.15) is 19.3 Å². The second-order valence-electron chi connectivity index (χ2n) is 6.02. The Hall–Kier alpha value is -3.02. The van der Waals surface area contributed by atoms with Gasteiger partial charge in [0.25, 0.3) is 0 Å². The summed E-state index contributed by atoms with van der Waals surface area (Å²) >= 11 is 0. The van der Waals surface area contributed by atoms with Crippen molar-refractivity contribution in [2.75, 3.05) is 0 Å². The molecule has 4 rings (SSSR count). The molecule has 2 heterocycles. The highest BCUT2D eigenvalue weighted by Gasteiger charge is 2.35. The van der Waals surface area contributed by atoms with Crippen LogP contribution in [0.4, 0.5) is 0 Å². The van der Waals surface area contributed by atoms with E-state index in [2.05, 4.69) is 4.99 Å². The first kappa shape index (κ1) is 15.5. The van der Waals surface area contributed by atoms with E-state index in [0.717, 1.165) is 11.1 Å². The Bertz CT molecular complexity index is 861. The number of carboxylic acid groups (broad SMARTS) is 1. The van der Waals surface area contributed by atoms with Gasteiger partial charge in [-0.25, -0.2) is 9.79 Å². The summed E-state index contributed by atoms with van der Waals surface area (Å²) in [4.78, 5) is 15.5. The van der Waals surface area contributed by atoms with Crippen LogP contribution in [0, 0.1) is 0 Å². The predicted molar refractivity (Wildman–Crippen MR) is 90.1 cm³/mol. The van der Waals surface area contributed by atoms with Crippen LogP contribution in [0.25, 0.3) is 0 Å². The fraction of sp³-hybridized carbons (Fsp3) is 0.263. The number of aliphatic imine (C=N–C) groups is 1. The molecule has 6 heteroatoms. The minimum atomic E-state index is -1.01. The third-order valence-electron chi connectivity index (χ3n) is 4.33. The normalized spacial score (nSPS) is 21.4. The summed E-state index contributed by atoms with van der Waals surface area (Å²) in [6.07, 6.45) is -0.529. The van der Waals surface area contributed by atoms with Crippen LogP contribution in [-0.4, -0.2) is 29.1 Å². The van der Waals surface area contributed by atoms with Gasteiger partial charge in [0.15, 0.2) is 17.5 Å². The third kappa shape index (κ3) is 2.80. The Morgan fingerprint density at radius 3 is 2.48 bits per heavy atom. The topological polar surface area (TPSA) is 77.3 Å². The van der Waals surface area contributed by atoms with Crippen LogP contribution in [0.15, 0.2) is 47.5 Å². The van der Waals surface area contributed by atoms with E-state index in [4.69, 9.17) is 14.2 Å². The van der Waals surface area contributed by atoms with Gasteiger partial charge in [-0.15, -0.1) is 0 Å². The second-order valence-corrected chi connectivity index (χ2v) is 6.02. The Labute approximate surface area is 144 Å². The maximum absolute atomic E-state index is 11.3. The summed E-state index contributed by atoms with van der Waals surface area (Å²) in [6.45, 7) is 2.53. The maximum Gasteiger partial charge on any atom is 0.332 e. The number of benzene rings is 2. The summed E-state index contributed by atoms with van der Waals surface area (Å²) in [5.41, 5.74) is 2.73. The van der Waals surface area contributed by atoms with Crippen LogP contribution in [-0.2, 0) is 22.7 Å². The smallest absolute Gasteiger partial charge is 0.332 e. The molecule has 0 saturated heterocycles. The predicted octanol–water partition coefficient (Wildman–Crippen LogP) is 2.78. The number of para-hydroxylation sites is 1. The van der Waals surface area contributed by atoms with Crippen molar-refractivity contribution in [3.05, 3.63) is 59.2 Å². The molecule has 128 valence electrons. The van der Waals surface area contributed by atoms with Crippen LogP contribution >= 0.6 is 0 Å². The Morgan fingerprint density at radius 2 is 1.80 bits per heavy atom. The van der Waals surface area contributed by atoms with Gasteiger partial charge in [0, 0.05) is 0 Å². The van der Waals surface area contributed by atoms with E-state index in [0.29, 0.717) is 30.3 Å². The first-order valence-corrected chi connectivity index (χ1v) is 8.06. The maximum atomic E-state index is 11.3. The summed E-state index contributed by atoms with van der Waals surface area (Å²) in [5, 5.41) is 9.24. The highest BCUT2D eigenvalue weighted by atomic mass is 16.5. The fourth-order valence-electron chi connectivity index (χ4n) is 2.98. The van der Waals surface area contributed by atoms with Gasteiger partial charge in [0.05, 0.1) is 5.56 Å². The van der Waals surface area contributed by atoms with Gasteiger partial charge in [-0.05, 0) is 30.2 Å². The fourth-order valence-corrected chi connectivity index (χ4v) is 2.98. The van der Waals surface area contributed by atoms with Crippen molar-refractivity contribution in [3.8, 4) is 11.5 Å². The Kier molecular flexibility index (Phi) is 3.80. The molecular weight excluding hydrogens is 322 g/mol. The van der Waals surface area contributed by atoms with E-state index in [1.807, 2.05) is 36.4 Å². The van der Waals surface area contributed by atoms with E-state index in [9.17, 15) is 9.90 Å². The summed E-state index contributed by atoms with van der Waals surface area (Å²) in [5.74, 6) is 0.375. The molecule has 6 nitrogen and oxygen atoms in total. The number of fused-ring (bicyclic) bond motifs is 2. The zero-order chi connectivity index (χ0) is 17.4. The summed E-state index contributed by atoms with van der Waals surface area (Å²) in [6, 6.07) is 12.5. The number of rotatable bonds is 2. The molecule has 0 fully saturated rings. The molecule has 25 heavy (non-hydrogen) atoms. The third-order valence-corrected chi connectivity index (χ3v) is 4.33. The molecule has 0 radical (unpaired) electrons. The monoisotopic (exact) mass is 339 g/mol. The van der Waals surface area contributed by atoms with Gasteiger partial charge < -0.3 is 19.3 Å². The second kappa shape index (κ2) is 6.12. The molecule has 0 spiro atoms. The molecule has 0 unspecified atom stereocenters.